The van der Waals surface area contributed by atoms with E-state index in [2.05, 4.69) is 23.3 Å². The zero-order valence-corrected chi connectivity index (χ0v) is 13.3. The van der Waals surface area contributed by atoms with Gasteiger partial charge in [-0.2, -0.15) is 0 Å². The second-order valence-corrected chi connectivity index (χ2v) is 5.40. The van der Waals surface area contributed by atoms with Crippen molar-refractivity contribution in [1.82, 2.24) is 10.6 Å². The largest absolute Gasteiger partial charge is 0.350 e. The molecule has 0 radical (unpaired) electrons. The zero-order valence-electron chi connectivity index (χ0n) is 11.7. The minimum absolute atomic E-state index is 0.224. The molecule has 0 heterocycles. The lowest BCUT2D eigenvalue weighted by Gasteiger charge is -2.09. The fraction of sp³-hybridized carbons (Fsp3) is 0.125. The standard InChI is InChI=1S/C16H15ClN2O2S/c17-13-7-3-1-5-11(13)15(20)18-9-10-19-16(21)12-6-2-4-8-14(12)22/h1-8,22H,9-10H2,(H,18,20)(H,19,21). The molecular weight excluding hydrogens is 320 g/mol. The molecule has 0 saturated carbocycles. The van der Waals surface area contributed by atoms with Gasteiger partial charge in [-0.15, -0.1) is 12.6 Å². The van der Waals surface area contributed by atoms with Gasteiger partial charge in [-0.05, 0) is 24.3 Å². The lowest BCUT2D eigenvalue weighted by Crippen LogP contribution is -2.34. The van der Waals surface area contributed by atoms with E-state index >= 15 is 0 Å². The lowest BCUT2D eigenvalue weighted by molar-refractivity contribution is 0.0926. The summed E-state index contributed by atoms with van der Waals surface area (Å²) in [6.07, 6.45) is 0. The third-order valence-corrected chi connectivity index (χ3v) is 3.68. The molecule has 0 atom stereocenters. The fourth-order valence-corrected chi connectivity index (χ4v) is 2.34. The van der Waals surface area contributed by atoms with Gasteiger partial charge in [0.15, 0.2) is 0 Å². The maximum Gasteiger partial charge on any atom is 0.252 e. The van der Waals surface area contributed by atoms with Crippen molar-refractivity contribution >= 4 is 36.0 Å². The van der Waals surface area contributed by atoms with Gasteiger partial charge in [-0.25, -0.2) is 0 Å². The molecular formula is C16H15ClN2O2S. The minimum atomic E-state index is -0.269. The van der Waals surface area contributed by atoms with E-state index in [1.807, 2.05) is 6.07 Å². The Morgan fingerprint density at radius 1 is 0.864 bits per heavy atom. The summed E-state index contributed by atoms with van der Waals surface area (Å²) in [7, 11) is 0. The number of thiol groups is 1. The third-order valence-electron chi connectivity index (χ3n) is 2.96. The van der Waals surface area contributed by atoms with E-state index in [9.17, 15) is 9.59 Å². The van der Waals surface area contributed by atoms with Crippen LogP contribution < -0.4 is 10.6 Å². The van der Waals surface area contributed by atoms with E-state index in [0.717, 1.165) is 0 Å². The number of benzene rings is 2. The Labute approximate surface area is 139 Å². The molecule has 0 aliphatic carbocycles. The van der Waals surface area contributed by atoms with Crippen LogP contribution in [0.1, 0.15) is 20.7 Å². The highest BCUT2D eigenvalue weighted by atomic mass is 35.5. The van der Waals surface area contributed by atoms with Gasteiger partial charge >= 0.3 is 0 Å². The van der Waals surface area contributed by atoms with Gasteiger partial charge in [0.05, 0.1) is 16.1 Å². The Morgan fingerprint density at radius 3 is 1.95 bits per heavy atom. The van der Waals surface area contributed by atoms with Gasteiger partial charge in [0.2, 0.25) is 0 Å². The predicted molar refractivity (Wildman–Crippen MR) is 89.8 cm³/mol. The van der Waals surface area contributed by atoms with Crippen LogP contribution in [-0.2, 0) is 0 Å². The van der Waals surface area contributed by atoms with Crippen LogP contribution in [-0.4, -0.2) is 24.9 Å². The number of halogens is 1. The molecule has 4 nitrogen and oxygen atoms in total. The van der Waals surface area contributed by atoms with Gasteiger partial charge in [-0.1, -0.05) is 35.9 Å². The molecule has 0 fully saturated rings. The van der Waals surface area contributed by atoms with E-state index < -0.39 is 0 Å². The van der Waals surface area contributed by atoms with Crippen LogP contribution in [0.5, 0.6) is 0 Å². The summed E-state index contributed by atoms with van der Waals surface area (Å²) in [6.45, 7) is 0.627. The Kier molecular flexibility index (Phi) is 5.86. The van der Waals surface area contributed by atoms with E-state index in [1.54, 1.807) is 42.5 Å². The summed E-state index contributed by atoms with van der Waals surface area (Å²) >= 11 is 10.2. The van der Waals surface area contributed by atoms with E-state index in [4.69, 9.17) is 11.6 Å². The van der Waals surface area contributed by atoms with Crippen LogP contribution in [0.15, 0.2) is 53.4 Å². The Bertz CT molecular complexity index is 632. The van der Waals surface area contributed by atoms with Crippen LogP contribution in [0.3, 0.4) is 0 Å². The molecule has 2 aromatic rings. The molecule has 0 saturated heterocycles. The van der Waals surface area contributed by atoms with Gasteiger partial charge in [-0.3, -0.25) is 9.59 Å². The van der Waals surface area contributed by atoms with Crippen LogP contribution >= 0.6 is 24.2 Å². The van der Waals surface area contributed by atoms with Crippen molar-refractivity contribution in [2.75, 3.05) is 13.1 Å². The second kappa shape index (κ2) is 7.87. The smallest absolute Gasteiger partial charge is 0.252 e. The van der Waals surface area contributed by atoms with Crippen molar-refractivity contribution in [2.45, 2.75) is 4.90 Å². The van der Waals surface area contributed by atoms with Crippen molar-refractivity contribution < 1.29 is 9.59 Å². The summed E-state index contributed by atoms with van der Waals surface area (Å²) < 4.78 is 0. The molecule has 22 heavy (non-hydrogen) atoms. The normalized spacial score (nSPS) is 10.1. The molecule has 0 aliphatic rings. The zero-order chi connectivity index (χ0) is 15.9. The molecule has 0 spiro atoms. The highest BCUT2D eigenvalue weighted by molar-refractivity contribution is 7.80. The van der Waals surface area contributed by atoms with Gasteiger partial charge < -0.3 is 10.6 Å². The average Bonchev–Trinajstić information content (AvgIpc) is 2.52. The topological polar surface area (TPSA) is 58.2 Å². The monoisotopic (exact) mass is 334 g/mol. The van der Waals surface area contributed by atoms with Crippen molar-refractivity contribution in [1.29, 1.82) is 0 Å². The fourth-order valence-electron chi connectivity index (χ4n) is 1.85. The first-order chi connectivity index (χ1) is 10.6. The highest BCUT2D eigenvalue weighted by Crippen LogP contribution is 2.14. The number of amides is 2. The van der Waals surface area contributed by atoms with E-state index in [0.29, 0.717) is 34.1 Å². The van der Waals surface area contributed by atoms with Crippen molar-refractivity contribution in [3.05, 3.63) is 64.7 Å². The number of rotatable bonds is 5. The Balaban J connectivity index is 1.80. The first-order valence-electron chi connectivity index (χ1n) is 6.68. The second-order valence-electron chi connectivity index (χ2n) is 4.51. The molecule has 0 unspecified atom stereocenters. The molecule has 2 amide bonds. The van der Waals surface area contributed by atoms with Crippen molar-refractivity contribution in [3.63, 3.8) is 0 Å². The third kappa shape index (κ3) is 4.26. The first-order valence-corrected chi connectivity index (χ1v) is 7.51. The maximum atomic E-state index is 11.9. The van der Waals surface area contributed by atoms with Crippen LogP contribution in [0.4, 0.5) is 0 Å². The van der Waals surface area contributed by atoms with E-state index in [-0.39, 0.29) is 11.8 Å². The number of hydrogen-bond donors (Lipinski definition) is 3. The number of carbonyl (C=O) groups excluding carboxylic acids is 2. The molecule has 0 bridgehead atoms. The Morgan fingerprint density at radius 2 is 1.36 bits per heavy atom. The number of hydrogen-bond acceptors (Lipinski definition) is 3. The SMILES string of the molecule is O=C(NCCNC(=O)c1ccccc1Cl)c1ccccc1S. The molecule has 2 rings (SSSR count). The summed E-state index contributed by atoms with van der Waals surface area (Å²) in [5.41, 5.74) is 0.916. The van der Waals surface area contributed by atoms with Gasteiger partial charge in [0.25, 0.3) is 11.8 Å². The molecule has 114 valence electrons. The Hall–Kier alpha value is -1.98. The summed E-state index contributed by atoms with van der Waals surface area (Å²) in [5.74, 6) is -0.493. The first kappa shape index (κ1) is 16.4. The van der Waals surface area contributed by atoms with Crippen molar-refractivity contribution in [2.24, 2.45) is 0 Å². The number of nitrogens with one attached hydrogen (secondary N) is 2. The van der Waals surface area contributed by atoms with E-state index in [1.165, 1.54) is 0 Å². The quantitative estimate of drug-likeness (QED) is 0.581. The van der Waals surface area contributed by atoms with Crippen LogP contribution in [0, 0.1) is 0 Å². The molecule has 2 aromatic carbocycles. The molecule has 6 heteroatoms. The van der Waals surface area contributed by atoms with Gasteiger partial charge in [0.1, 0.15) is 0 Å². The molecule has 0 aromatic heterocycles. The van der Waals surface area contributed by atoms with Gasteiger partial charge in [0, 0.05) is 18.0 Å². The van der Waals surface area contributed by atoms with Crippen molar-refractivity contribution in [3.8, 4) is 0 Å². The summed E-state index contributed by atoms with van der Waals surface area (Å²) in [6, 6.07) is 13.8. The molecule has 0 aliphatic heterocycles. The maximum absolute atomic E-state index is 11.9. The summed E-state index contributed by atoms with van der Waals surface area (Å²) in [5, 5.41) is 5.83. The summed E-state index contributed by atoms with van der Waals surface area (Å²) in [4.78, 5) is 24.5. The van der Waals surface area contributed by atoms with Crippen LogP contribution in [0.2, 0.25) is 5.02 Å². The predicted octanol–water partition coefficient (Wildman–Crippen LogP) is 2.79. The van der Waals surface area contributed by atoms with Crippen LogP contribution in [0.25, 0.3) is 0 Å². The highest BCUT2D eigenvalue weighted by Gasteiger charge is 2.10. The number of carbonyl (C=O) groups is 2. The molecule has 2 N–H and O–H groups in total. The average molecular weight is 335 g/mol. The lowest BCUT2D eigenvalue weighted by atomic mass is 10.2. The minimum Gasteiger partial charge on any atom is -0.350 e.